The first-order valence-electron chi connectivity index (χ1n) is 5.62. The van der Waals surface area contributed by atoms with Gasteiger partial charge in [-0.15, -0.1) is 0 Å². The standard InChI is InChI=1S/C13H9BrClN3O/c14-8-5-11-13(16-6-8)18(7-12(19)17-11)10-3-1-9(15)2-4-10/h1-6H,7H2,(H,17,19). The summed E-state index contributed by atoms with van der Waals surface area (Å²) in [4.78, 5) is 18.0. The molecule has 1 aliphatic rings. The van der Waals surface area contributed by atoms with Crippen molar-refractivity contribution in [1.29, 1.82) is 0 Å². The topological polar surface area (TPSA) is 45.2 Å². The molecule has 6 heteroatoms. The van der Waals surface area contributed by atoms with Crippen LogP contribution in [-0.4, -0.2) is 17.4 Å². The second-order valence-corrected chi connectivity index (χ2v) is 5.49. The Bertz CT molecular complexity index is 645. The highest BCUT2D eigenvalue weighted by Gasteiger charge is 2.24. The number of fused-ring (bicyclic) bond motifs is 1. The molecule has 1 aromatic heterocycles. The first-order chi connectivity index (χ1) is 9.13. The SMILES string of the molecule is O=C1CN(c2ccc(Cl)cc2)c2ncc(Br)cc2N1. The summed E-state index contributed by atoms with van der Waals surface area (Å²) >= 11 is 9.23. The number of anilines is 3. The lowest BCUT2D eigenvalue weighted by Crippen LogP contribution is -2.35. The zero-order valence-corrected chi connectivity index (χ0v) is 12.1. The van der Waals surface area contributed by atoms with E-state index in [0.717, 1.165) is 16.0 Å². The summed E-state index contributed by atoms with van der Waals surface area (Å²) in [5.41, 5.74) is 1.58. The molecule has 0 spiro atoms. The van der Waals surface area contributed by atoms with Crippen LogP contribution in [-0.2, 0) is 4.79 Å². The van der Waals surface area contributed by atoms with Gasteiger partial charge in [0, 0.05) is 21.4 Å². The number of hydrogen-bond donors (Lipinski definition) is 1. The molecule has 1 amide bonds. The molecule has 4 nitrogen and oxygen atoms in total. The number of hydrogen-bond acceptors (Lipinski definition) is 3. The Balaban J connectivity index is 2.08. The molecule has 2 heterocycles. The van der Waals surface area contributed by atoms with Crippen molar-refractivity contribution in [2.45, 2.75) is 0 Å². The molecule has 3 rings (SSSR count). The van der Waals surface area contributed by atoms with Gasteiger partial charge in [0.05, 0.1) is 5.69 Å². The molecule has 0 saturated heterocycles. The molecular formula is C13H9BrClN3O. The number of nitrogens with zero attached hydrogens (tertiary/aromatic N) is 2. The molecule has 19 heavy (non-hydrogen) atoms. The number of carbonyl (C=O) groups excluding carboxylic acids is 1. The van der Waals surface area contributed by atoms with Crippen molar-refractivity contribution in [3.63, 3.8) is 0 Å². The van der Waals surface area contributed by atoms with Gasteiger partial charge in [-0.1, -0.05) is 11.6 Å². The van der Waals surface area contributed by atoms with Crippen LogP contribution in [0.1, 0.15) is 0 Å². The highest BCUT2D eigenvalue weighted by Crippen LogP contribution is 2.34. The predicted molar refractivity (Wildman–Crippen MR) is 79.0 cm³/mol. The quantitative estimate of drug-likeness (QED) is 0.864. The fraction of sp³-hybridized carbons (Fsp3) is 0.0769. The molecule has 1 N–H and O–H groups in total. The van der Waals surface area contributed by atoms with Gasteiger partial charge in [-0.25, -0.2) is 4.98 Å². The summed E-state index contributed by atoms with van der Waals surface area (Å²) in [6.45, 7) is 0.239. The predicted octanol–water partition coefficient (Wildman–Crippen LogP) is 3.59. The van der Waals surface area contributed by atoms with E-state index in [1.807, 2.05) is 23.1 Å². The number of aromatic nitrogens is 1. The van der Waals surface area contributed by atoms with Crippen LogP contribution in [0.25, 0.3) is 0 Å². The Morgan fingerprint density at radius 2 is 2.05 bits per heavy atom. The molecular weight excluding hydrogens is 330 g/mol. The fourth-order valence-corrected chi connectivity index (χ4v) is 2.44. The van der Waals surface area contributed by atoms with Crippen molar-refractivity contribution in [3.05, 3.63) is 46.0 Å². The van der Waals surface area contributed by atoms with Crippen LogP contribution in [0.5, 0.6) is 0 Å². The normalized spacial score (nSPS) is 14.0. The summed E-state index contributed by atoms with van der Waals surface area (Å²) in [5.74, 6) is 0.660. The minimum atomic E-state index is -0.0673. The van der Waals surface area contributed by atoms with E-state index in [9.17, 15) is 4.79 Å². The molecule has 96 valence electrons. The first kappa shape index (κ1) is 12.4. The van der Waals surface area contributed by atoms with Crippen LogP contribution in [0.2, 0.25) is 5.02 Å². The maximum Gasteiger partial charge on any atom is 0.244 e. The van der Waals surface area contributed by atoms with E-state index in [0.29, 0.717) is 10.7 Å². The van der Waals surface area contributed by atoms with Crippen molar-refractivity contribution in [2.24, 2.45) is 0 Å². The van der Waals surface area contributed by atoms with Gasteiger partial charge in [0.2, 0.25) is 5.91 Å². The number of rotatable bonds is 1. The first-order valence-corrected chi connectivity index (χ1v) is 6.79. The Hall–Kier alpha value is -1.59. The number of carbonyl (C=O) groups is 1. The highest BCUT2D eigenvalue weighted by molar-refractivity contribution is 9.10. The maximum atomic E-state index is 11.8. The minimum absolute atomic E-state index is 0.0673. The number of nitrogens with one attached hydrogen (secondary N) is 1. The van der Waals surface area contributed by atoms with E-state index >= 15 is 0 Å². The molecule has 1 aliphatic heterocycles. The smallest absolute Gasteiger partial charge is 0.244 e. The van der Waals surface area contributed by atoms with E-state index in [-0.39, 0.29) is 12.5 Å². The van der Waals surface area contributed by atoms with E-state index < -0.39 is 0 Å². The van der Waals surface area contributed by atoms with Crippen molar-refractivity contribution >= 4 is 50.6 Å². The summed E-state index contributed by atoms with van der Waals surface area (Å²) in [7, 11) is 0. The van der Waals surface area contributed by atoms with Crippen LogP contribution in [0.15, 0.2) is 41.0 Å². The van der Waals surface area contributed by atoms with Crippen LogP contribution in [0.4, 0.5) is 17.2 Å². The second-order valence-electron chi connectivity index (χ2n) is 4.14. The third-order valence-electron chi connectivity index (χ3n) is 2.80. The van der Waals surface area contributed by atoms with Gasteiger partial charge in [-0.2, -0.15) is 0 Å². The van der Waals surface area contributed by atoms with E-state index in [4.69, 9.17) is 11.6 Å². The Morgan fingerprint density at radius 3 is 2.79 bits per heavy atom. The third-order valence-corrected chi connectivity index (χ3v) is 3.49. The van der Waals surface area contributed by atoms with E-state index in [2.05, 4.69) is 26.2 Å². The minimum Gasteiger partial charge on any atom is -0.321 e. The van der Waals surface area contributed by atoms with Gasteiger partial charge in [0.15, 0.2) is 5.82 Å². The van der Waals surface area contributed by atoms with Crippen LogP contribution >= 0.6 is 27.5 Å². The zero-order chi connectivity index (χ0) is 13.4. The average molecular weight is 339 g/mol. The summed E-state index contributed by atoms with van der Waals surface area (Å²) < 4.78 is 0.824. The lowest BCUT2D eigenvalue weighted by molar-refractivity contribution is -0.115. The summed E-state index contributed by atoms with van der Waals surface area (Å²) in [6.07, 6.45) is 1.71. The maximum absolute atomic E-state index is 11.8. The molecule has 0 aliphatic carbocycles. The lowest BCUT2D eigenvalue weighted by Gasteiger charge is -2.29. The van der Waals surface area contributed by atoms with Gasteiger partial charge in [-0.05, 0) is 46.3 Å². The molecule has 1 aromatic carbocycles. The van der Waals surface area contributed by atoms with Crippen LogP contribution in [0.3, 0.4) is 0 Å². The van der Waals surface area contributed by atoms with Crippen molar-refractivity contribution in [1.82, 2.24) is 4.98 Å². The van der Waals surface area contributed by atoms with Crippen molar-refractivity contribution in [2.75, 3.05) is 16.8 Å². The summed E-state index contributed by atoms with van der Waals surface area (Å²) in [6, 6.07) is 9.16. The number of amides is 1. The Labute approximate surface area is 123 Å². The number of benzene rings is 1. The van der Waals surface area contributed by atoms with Crippen molar-refractivity contribution < 1.29 is 4.79 Å². The average Bonchev–Trinajstić information content (AvgIpc) is 2.38. The largest absolute Gasteiger partial charge is 0.321 e. The van der Waals surface area contributed by atoms with Crippen LogP contribution in [0, 0.1) is 0 Å². The number of pyridine rings is 1. The van der Waals surface area contributed by atoms with E-state index in [1.54, 1.807) is 18.3 Å². The molecule has 0 unspecified atom stereocenters. The monoisotopic (exact) mass is 337 g/mol. The molecule has 0 bridgehead atoms. The highest BCUT2D eigenvalue weighted by atomic mass is 79.9. The Morgan fingerprint density at radius 1 is 1.32 bits per heavy atom. The lowest BCUT2D eigenvalue weighted by atomic mass is 10.2. The summed E-state index contributed by atoms with van der Waals surface area (Å²) in [5, 5.41) is 3.47. The zero-order valence-electron chi connectivity index (χ0n) is 9.73. The van der Waals surface area contributed by atoms with Gasteiger partial charge in [0.25, 0.3) is 0 Å². The van der Waals surface area contributed by atoms with Gasteiger partial charge in [0.1, 0.15) is 6.54 Å². The van der Waals surface area contributed by atoms with Gasteiger partial charge in [-0.3, -0.25) is 4.79 Å². The number of halogens is 2. The van der Waals surface area contributed by atoms with Gasteiger partial charge < -0.3 is 10.2 Å². The van der Waals surface area contributed by atoms with Gasteiger partial charge >= 0.3 is 0 Å². The van der Waals surface area contributed by atoms with Crippen LogP contribution < -0.4 is 10.2 Å². The third kappa shape index (κ3) is 2.43. The molecule has 0 radical (unpaired) electrons. The fourth-order valence-electron chi connectivity index (χ4n) is 1.98. The molecule has 2 aromatic rings. The van der Waals surface area contributed by atoms with E-state index in [1.165, 1.54) is 0 Å². The Kier molecular flexibility index (Phi) is 3.16. The molecule has 0 fully saturated rings. The molecule has 0 saturated carbocycles. The van der Waals surface area contributed by atoms with Crippen molar-refractivity contribution in [3.8, 4) is 0 Å². The molecule has 0 atom stereocenters. The second kappa shape index (κ2) is 4.83.